The van der Waals surface area contributed by atoms with Crippen molar-refractivity contribution in [3.8, 4) is 11.1 Å². The molecule has 0 bridgehead atoms. The summed E-state index contributed by atoms with van der Waals surface area (Å²) in [6.45, 7) is 7.46. The van der Waals surface area contributed by atoms with Crippen LogP contribution < -0.4 is 5.32 Å². The largest absolute Gasteiger partial charge is 0.310 e. The summed E-state index contributed by atoms with van der Waals surface area (Å²) in [4.78, 5) is 4.36. The maximum Gasteiger partial charge on any atom is 0.0373 e. The summed E-state index contributed by atoms with van der Waals surface area (Å²) in [5, 5.41) is 3.52. The van der Waals surface area contributed by atoms with E-state index in [2.05, 4.69) is 60.5 Å². The number of rotatable bonds is 5. The molecule has 2 rings (SSSR count). The standard InChI is InChI=1S/C17H22N2/c1-4-10-18-14(3)15-6-5-7-16(11-15)17-9-8-13(2)19-12-17/h5-9,11-12,14,18H,4,10H2,1-3H3. The molecule has 1 N–H and O–H groups in total. The van der Waals surface area contributed by atoms with Gasteiger partial charge < -0.3 is 5.32 Å². The van der Waals surface area contributed by atoms with Crippen LogP contribution in [0.5, 0.6) is 0 Å². The highest BCUT2D eigenvalue weighted by Gasteiger charge is 2.05. The Balaban J connectivity index is 2.21. The zero-order chi connectivity index (χ0) is 13.7. The monoisotopic (exact) mass is 254 g/mol. The van der Waals surface area contributed by atoms with Crippen molar-refractivity contribution >= 4 is 0 Å². The number of hydrogen-bond donors (Lipinski definition) is 1. The molecular formula is C17H22N2. The summed E-state index contributed by atoms with van der Waals surface area (Å²) in [6, 6.07) is 13.3. The molecule has 100 valence electrons. The average molecular weight is 254 g/mol. The van der Waals surface area contributed by atoms with E-state index in [9.17, 15) is 0 Å². The van der Waals surface area contributed by atoms with Gasteiger partial charge in [0.15, 0.2) is 0 Å². The fourth-order valence-corrected chi connectivity index (χ4v) is 2.10. The second-order valence-corrected chi connectivity index (χ2v) is 4.99. The van der Waals surface area contributed by atoms with Crippen LogP contribution in [0.25, 0.3) is 11.1 Å². The lowest BCUT2D eigenvalue weighted by Crippen LogP contribution is -2.19. The van der Waals surface area contributed by atoms with Crippen LogP contribution in [0.2, 0.25) is 0 Å². The van der Waals surface area contributed by atoms with Crippen molar-refractivity contribution < 1.29 is 0 Å². The van der Waals surface area contributed by atoms with E-state index in [1.807, 2.05) is 13.1 Å². The molecule has 1 atom stereocenters. The minimum atomic E-state index is 0.387. The summed E-state index contributed by atoms with van der Waals surface area (Å²) < 4.78 is 0. The summed E-state index contributed by atoms with van der Waals surface area (Å²) in [6.07, 6.45) is 3.10. The van der Waals surface area contributed by atoms with E-state index < -0.39 is 0 Å². The number of benzene rings is 1. The third-order valence-corrected chi connectivity index (χ3v) is 3.33. The number of hydrogen-bond acceptors (Lipinski definition) is 2. The van der Waals surface area contributed by atoms with Crippen molar-refractivity contribution in [2.45, 2.75) is 33.2 Å². The first-order valence-corrected chi connectivity index (χ1v) is 6.97. The van der Waals surface area contributed by atoms with Gasteiger partial charge >= 0.3 is 0 Å². The molecule has 2 heteroatoms. The van der Waals surface area contributed by atoms with Gasteiger partial charge in [-0.1, -0.05) is 31.2 Å². The molecule has 0 spiro atoms. The molecule has 2 nitrogen and oxygen atoms in total. The molecule has 2 aromatic rings. The average Bonchev–Trinajstić information content (AvgIpc) is 2.45. The summed E-state index contributed by atoms with van der Waals surface area (Å²) >= 11 is 0. The topological polar surface area (TPSA) is 24.9 Å². The third-order valence-electron chi connectivity index (χ3n) is 3.33. The van der Waals surface area contributed by atoms with Crippen molar-refractivity contribution in [1.82, 2.24) is 10.3 Å². The fraction of sp³-hybridized carbons (Fsp3) is 0.353. The van der Waals surface area contributed by atoms with Crippen LogP contribution in [0.4, 0.5) is 0 Å². The number of nitrogens with one attached hydrogen (secondary N) is 1. The van der Waals surface area contributed by atoms with E-state index in [1.165, 1.54) is 16.7 Å². The van der Waals surface area contributed by atoms with Gasteiger partial charge in [0.05, 0.1) is 0 Å². The van der Waals surface area contributed by atoms with Gasteiger partial charge in [-0.2, -0.15) is 0 Å². The Bertz CT molecular complexity index is 517. The quantitative estimate of drug-likeness (QED) is 0.868. The van der Waals surface area contributed by atoms with E-state index in [0.717, 1.165) is 18.7 Å². The van der Waals surface area contributed by atoms with Crippen LogP contribution in [0.15, 0.2) is 42.6 Å². The Labute approximate surface area is 115 Å². The van der Waals surface area contributed by atoms with Gasteiger partial charge in [0.25, 0.3) is 0 Å². The van der Waals surface area contributed by atoms with Crippen molar-refractivity contribution in [1.29, 1.82) is 0 Å². The first-order valence-electron chi connectivity index (χ1n) is 6.97. The Morgan fingerprint density at radius 3 is 2.68 bits per heavy atom. The van der Waals surface area contributed by atoms with Gasteiger partial charge in [0, 0.05) is 23.5 Å². The molecule has 0 saturated carbocycles. The normalized spacial score (nSPS) is 12.4. The van der Waals surface area contributed by atoms with Crippen molar-refractivity contribution in [2.24, 2.45) is 0 Å². The predicted molar refractivity (Wildman–Crippen MR) is 81.1 cm³/mol. The second kappa shape index (κ2) is 6.48. The SMILES string of the molecule is CCCNC(C)c1cccc(-c2ccc(C)nc2)c1. The Morgan fingerprint density at radius 2 is 2.00 bits per heavy atom. The molecule has 1 aromatic heterocycles. The zero-order valence-electron chi connectivity index (χ0n) is 12.0. The van der Waals surface area contributed by atoms with Crippen LogP contribution in [0, 0.1) is 6.92 Å². The number of aryl methyl sites for hydroxylation is 1. The molecule has 0 radical (unpaired) electrons. The van der Waals surface area contributed by atoms with Crippen LogP contribution >= 0.6 is 0 Å². The van der Waals surface area contributed by atoms with E-state index >= 15 is 0 Å². The van der Waals surface area contributed by atoms with Gasteiger partial charge in [-0.25, -0.2) is 0 Å². The molecule has 1 unspecified atom stereocenters. The predicted octanol–water partition coefficient (Wildman–Crippen LogP) is 4.12. The highest BCUT2D eigenvalue weighted by atomic mass is 14.9. The number of pyridine rings is 1. The molecule has 0 aliphatic carbocycles. The Hall–Kier alpha value is -1.67. The molecule has 19 heavy (non-hydrogen) atoms. The molecule has 1 heterocycles. The number of aromatic nitrogens is 1. The van der Waals surface area contributed by atoms with Gasteiger partial charge in [-0.3, -0.25) is 4.98 Å². The third kappa shape index (κ3) is 3.65. The highest BCUT2D eigenvalue weighted by Crippen LogP contribution is 2.22. The Morgan fingerprint density at radius 1 is 1.16 bits per heavy atom. The van der Waals surface area contributed by atoms with Gasteiger partial charge in [-0.05, 0) is 50.1 Å². The first-order chi connectivity index (χ1) is 9.20. The minimum Gasteiger partial charge on any atom is -0.310 e. The highest BCUT2D eigenvalue weighted by molar-refractivity contribution is 5.63. The van der Waals surface area contributed by atoms with E-state index in [0.29, 0.717) is 6.04 Å². The summed E-state index contributed by atoms with van der Waals surface area (Å²) in [5.41, 5.74) is 4.79. The lowest BCUT2D eigenvalue weighted by molar-refractivity contribution is 0.571. The second-order valence-electron chi connectivity index (χ2n) is 4.99. The molecule has 0 amide bonds. The molecule has 0 aliphatic rings. The van der Waals surface area contributed by atoms with E-state index in [-0.39, 0.29) is 0 Å². The molecular weight excluding hydrogens is 232 g/mol. The van der Waals surface area contributed by atoms with Crippen molar-refractivity contribution in [3.63, 3.8) is 0 Å². The zero-order valence-corrected chi connectivity index (χ0v) is 12.0. The summed E-state index contributed by atoms with van der Waals surface area (Å²) in [7, 11) is 0. The maximum atomic E-state index is 4.36. The molecule has 0 fully saturated rings. The van der Waals surface area contributed by atoms with E-state index in [4.69, 9.17) is 0 Å². The summed E-state index contributed by atoms with van der Waals surface area (Å²) in [5.74, 6) is 0. The van der Waals surface area contributed by atoms with Gasteiger partial charge in [0.1, 0.15) is 0 Å². The number of nitrogens with zero attached hydrogens (tertiary/aromatic N) is 1. The van der Waals surface area contributed by atoms with Gasteiger partial charge in [0.2, 0.25) is 0 Å². The maximum absolute atomic E-state index is 4.36. The molecule has 0 aliphatic heterocycles. The fourth-order valence-electron chi connectivity index (χ4n) is 2.10. The first kappa shape index (κ1) is 13.8. The van der Waals surface area contributed by atoms with Crippen LogP contribution in [-0.2, 0) is 0 Å². The lowest BCUT2D eigenvalue weighted by atomic mass is 10.0. The Kier molecular flexibility index (Phi) is 4.69. The van der Waals surface area contributed by atoms with Crippen LogP contribution in [-0.4, -0.2) is 11.5 Å². The van der Waals surface area contributed by atoms with Crippen LogP contribution in [0.1, 0.15) is 37.6 Å². The van der Waals surface area contributed by atoms with Gasteiger partial charge in [-0.15, -0.1) is 0 Å². The van der Waals surface area contributed by atoms with Crippen LogP contribution in [0.3, 0.4) is 0 Å². The minimum absolute atomic E-state index is 0.387. The molecule has 0 saturated heterocycles. The smallest absolute Gasteiger partial charge is 0.0373 e. The lowest BCUT2D eigenvalue weighted by Gasteiger charge is -2.14. The molecule has 1 aromatic carbocycles. The van der Waals surface area contributed by atoms with E-state index in [1.54, 1.807) is 0 Å². The van der Waals surface area contributed by atoms with Crippen molar-refractivity contribution in [3.05, 3.63) is 53.9 Å². The van der Waals surface area contributed by atoms with Crippen molar-refractivity contribution in [2.75, 3.05) is 6.54 Å².